The molecule has 0 saturated heterocycles. The molecular formula is C16H16O3. The summed E-state index contributed by atoms with van der Waals surface area (Å²) < 4.78 is 5.88. The molecule has 0 bridgehead atoms. The Kier molecular flexibility index (Phi) is 3.11. The summed E-state index contributed by atoms with van der Waals surface area (Å²) in [7, 11) is 0. The monoisotopic (exact) mass is 256 g/mol. The molecule has 2 aromatic rings. The lowest BCUT2D eigenvalue weighted by Crippen LogP contribution is -2.27. The molecule has 19 heavy (non-hydrogen) atoms. The van der Waals surface area contributed by atoms with Crippen LogP contribution in [-0.2, 0) is 4.79 Å². The average molecular weight is 256 g/mol. The molecule has 1 aliphatic carbocycles. The predicted octanol–water partition coefficient (Wildman–Crippen LogP) is 3.47. The standard InChI is InChI=1S/C16H16O3/c17-16(18)14-6-3-7-15(14)19-13-9-8-11-4-1-2-5-12(11)10-13/h1-2,4-5,8-10,14-15H,3,6-7H2,(H,17,18). The Balaban J connectivity index is 1.83. The number of fused-ring (bicyclic) bond motifs is 1. The Morgan fingerprint density at radius 3 is 2.68 bits per heavy atom. The van der Waals surface area contributed by atoms with Gasteiger partial charge in [-0.3, -0.25) is 4.79 Å². The minimum atomic E-state index is -0.747. The average Bonchev–Trinajstić information content (AvgIpc) is 2.87. The van der Waals surface area contributed by atoms with Gasteiger partial charge in [-0.25, -0.2) is 0 Å². The minimum absolute atomic E-state index is 0.196. The quantitative estimate of drug-likeness (QED) is 0.914. The van der Waals surface area contributed by atoms with Gasteiger partial charge in [0.05, 0.1) is 5.92 Å². The number of ether oxygens (including phenoxy) is 1. The van der Waals surface area contributed by atoms with Crippen molar-refractivity contribution in [2.45, 2.75) is 25.4 Å². The fourth-order valence-corrected chi connectivity index (χ4v) is 2.77. The molecule has 0 amide bonds. The lowest BCUT2D eigenvalue weighted by molar-refractivity contribution is -0.143. The fourth-order valence-electron chi connectivity index (χ4n) is 2.77. The van der Waals surface area contributed by atoms with Gasteiger partial charge in [0, 0.05) is 0 Å². The van der Waals surface area contributed by atoms with Crippen LogP contribution < -0.4 is 4.74 Å². The molecule has 2 atom stereocenters. The number of benzene rings is 2. The van der Waals surface area contributed by atoms with Crippen molar-refractivity contribution >= 4 is 16.7 Å². The van der Waals surface area contributed by atoms with E-state index in [1.54, 1.807) is 0 Å². The first-order valence-corrected chi connectivity index (χ1v) is 6.62. The van der Waals surface area contributed by atoms with E-state index in [4.69, 9.17) is 9.84 Å². The molecule has 1 N–H and O–H groups in total. The second-order valence-corrected chi connectivity index (χ2v) is 5.04. The maximum atomic E-state index is 11.1. The Morgan fingerprint density at radius 1 is 1.11 bits per heavy atom. The number of aliphatic carboxylic acids is 1. The van der Waals surface area contributed by atoms with E-state index in [1.165, 1.54) is 0 Å². The van der Waals surface area contributed by atoms with Crippen LogP contribution in [0.25, 0.3) is 10.8 Å². The second-order valence-electron chi connectivity index (χ2n) is 5.04. The Bertz CT molecular complexity index is 606. The van der Waals surface area contributed by atoms with E-state index in [0.29, 0.717) is 6.42 Å². The zero-order valence-corrected chi connectivity index (χ0v) is 10.6. The van der Waals surface area contributed by atoms with Gasteiger partial charge < -0.3 is 9.84 Å². The van der Waals surface area contributed by atoms with Crippen molar-refractivity contribution in [1.82, 2.24) is 0 Å². The second kappa shape index (κ2) is 4.92. The first-order chi connectivity index (χ1) is 9.24. The van der Waals surface area contributed by atoms with Crippen molar-refractivity contribution in [2.24, 2.45) is 5.92 Å². The number of carboxylic acid groups (broad SMARTS) is 1. The summed E-state index contributed by atoms with van der Waals surface area (Å²) in [6.07, 6.45) is 2.27. The molecule has 0 aromatic heterocycles. The number of hydrogen-bond donors (Lipinski definition) is 1. The summed E-state index contributed by atoms with van der Waals surface area (Å²) in [5.74, 6) is -0.355. The molecule has 3 nitrogen and oxygen atoms in total. The molecule has 0 spiro atoms. The van der Waals surface area contributed by atoms with Crippen molar-refractivity contribution in [3.63, 3.8) is 0 Å². The van der Waals surface area contributed by atoms with E-state index in [-0.39, 0.29) is 12.0 Å². The third kappa shape index (κ3) is 2.41. The highest BCUT2D eigenvalue weighted by Crippen LogP contribution is 2.31. The van der Waals surface area contributed by atoms with Gasteiger partial charge in [-0.05, 0) is 42.2 Å². The molecule has 0 aliphatic heterocycles. The van der Waals surface area contributed by atoms with Crippen molar-refractivity contribution in [3.8, 4) is 5.75 Å². The van der Waals surface area contributed by atoms with E-state index in [9.17, 15) is 4.79 Å². The molecule has 1 saturated carbocycles. The summed E-state index contributed by atoms with van der Waals surface area (Å²) in [4.78, 5) is 11.1. The Morgan fingerprint density at radius 2 is 1.89 bits per heavy atom. The van der Waals surface area contributed by atoms with Crippen LogP contribution in [0.3, 0.4) is 0 Å². The highest BCUT2D eigenvalue weighted by molar-refractivity contribution is 5.83. The Labute approximate surface area is 111 Å². The Hall–Kier alpha value is -2.03. The molecule has 2 unspecified atom stereocenters. The van der Waals surface area contributed by atoms with Gasteiger partial charge >= 0.3 is 5.97 Å². The molecule has 3 rings (SSSR count). The lowest BCUT2D eigenvalue weighted by atomic mass is 10.1. The zero-order chi connectivity index (χ0) is 13.2. The topological polar surface area (TPSA) is 46.5 Å². The molecular weight excluding hydrogens is 240 g/mol. The largest absolute Gasteiger partial charge is 0.490 e. The van der Waals surface area contributed by atoms with Gasteiger partial charge in [0.2, 0.25) is 0 Å². The van der Waals surface area contributed by atoms with Crippen molar-refractivity contribution < 1.29 is 14.6 Å². The number of hydrogen-bond acceptors (Lipinski definition) is 2. The molecule has 1 aliphatic rings. The predicted molar refractivity (Wildman–Crippen MR) is 73.3 cm³/mol. The molecule has 1 fully saturated rings. The van der Waals surface area contributed by atoms with E-state index >= 15 is 0 Å². The molecule has 2 aromatic carbocycles. The van der Waals surface area contributed by atoms with Gasteiger partial charge in [-0.15, -0.1) is 0 Å². The maximum Gasteiger partial charge on any atom is 0.310 e. The van der Waals surface area contributed by atoms with E-state index < -0.39 is 5.97 Å². The van der Waals surface area contributed by atoms with Crippen molar-refractivity contribution in [3.05, 3.63) is 42.5 Å². The van der Waals surface area contributed by atoms with Crippen LogP contribution in [0, 0.1) is 5.92 Å². The van der Waals surface area contributed by atoms with Crippen LogP contribution in [0.1, 0.15) is 19.3 Å². The molecule has 0 heterocycles. The molecule has 3 heteroatoms. The van der Waals surface area contributed by atoms with Gasteiger partial charge in [0.25, 0.3) is 0 Å². The lowest BCUT2D eigenvalue weighted by Gasteiger charge is -2.18. The van der Waals surface area contributed by atoms with Crippen molar-refractivity contribution in [1.29, 1.82) is 0 Å². The van der Waals surface area contributed by atoms with Crippen LogP contribution in [0.5, 0.6) is 5.75 Å². The van der Waals surface area contributed by atoms with Gasteiger partial charge in [-0.1, -0.05) is 30.3 Å². The number of rotatable bonds is 3. The summed E-state index contributed by atoms with van der Waals surface area (Å²) in [6, 6.07) is 14.0. The fraction of sp³-hybridized carbons (Fsp3) is 0.312. The first kappa shape index (κ1) is 12.0. The van der Waals surface area contributed by atoms with Crippen LogP contribution in [0.4, 0.5) is 0 Å². The normalized spacial score (nSPS) is 22.5. The zero-order valence-electron chi connectivity index (χ0n) is 10.6. The highest BCUT2D eigenvalue weighted by atomic mass is 16.5. The highest BCUT2D eigenvalue weighted by Gasteiger charge is 2.34. The van der Waals surface area contributed by atoms with Crippen LogP contribution >= 0.6 is 0 Å². The van der Waals surface area contributed by atoms with E-state index in [1.807, 2.05) is 36.4 Å². The van der Waals surface area contributed by atoms with Crippen LogP contribution in [-0.4, -0.2) is 17.2 Å². The van der Waals surface area contributed by atoms with Gasteiger partial charge in [0.15, 0.2) is 0 Å². The van der Waals surface area contributed by atoms with Crippen LogP contribution in [0.15, 0.2) is 42.5 Å². The summed E-state index contributed by atoms with van der Waals surface area (Å²) in [5, 5.41) is 11.4. The number of carbonyl (C=O) groups is 1. The molecule has 98 valence electrons. The minimum Gasteiger partial charge on any atom is -0.490 e. The van der Waals surface area contributed by atoms with Crippen LogP contribution in [0.2, 0.25) is 0 Å². The SMILES string of the molecule is O=C(O)C1CCCC1Oc1ccc2ccccc2c1. The summed E-state index contributed by atoms with van der Waals surface area (Å²) in [6.45, 7) is 0. The van der Waals surface area contributed by atoms with E-state index in [2.05, 4.69) is 6.07 Å². The molecule has 0 radical (unpaired) electrons. The van der Waals surface area contributed by atoms with Gasteiger partial charge in [-0.2, -0.15) is 0 Å². The van der Waals surface area contributed by atoms with Crippen molar-refractivity contribution in [2.75, 3.05) is 0 Å². The maximum absolute atomic E-state index is 11.1. The third-order valence-corrected chi connectivity index (χ3v) is 3.78. The third-order valence-electron chi connectivity index (χ3n) is 3.78. The smallest absolute Gasteiger partial charge is 0.310 e. The number of carboxylic acids is 1. The first-order valence-electron chi connectivity index (χ1n) is 6.62. The summed E-state index contributed by atoms with van der Waals surface area (Å²) >= 11 is 0. The van der Waals surface area contributed by atoms with Gasteiger partial charge in [0.1, 0.15) is 11.9 Å². The summed E-state index contributed by atoms with van der Waals surface area (Å²) in [5.41, 5.74) is 0. The van der Waals surface area contributed by atoms with E-state index in [0.717, 1.165) is 29.4 Å².